The molecule has 2 aromatic carbocycles. The predicted molar refractivity (Wildman–Crippen MR) is 85.2 cm³/mol. The maximum Gasteiger partial charge on any atom is 0.277 e. The number of halogens is 1. The zero-order valence-electron chi connectivity index (χ0n) is 12.9. The molecule has 0 radical (unpaired) electrons. The van der Waals surface area contributed by atoms with Gasteiger partial charge in [-0.25, -0.2) is 9.82 Å². The summed E-state index contributed by atoms with van der Waals surface area (Å²) in [5.41, 5.74) is 3.80. The molecule has 2 rings (SSSR count). The van der Waals surface area contributed by atoms with E-state index in [2.05, 4.69) is 10.5 Å². The highest BCUT2D eigenvalue weighted by Crippen LogP contribution is 2.15. The fourth-order valence-electron chi connectivity index (χ4n) is 1.80. The lowest BCUT2D eigenvalue weighted by Gasteiger charge is -2.07. The van der Waals surface area contributed by atoms with Crippen molar-refractivity contribution in [1.29, 1.82) is 0 Å². The standard InChI is InChI=1S/C17H17FN2O3/c1-12(13-6-5-7-14(10-13)22-2)19-20-17(21)11-23-16-9-4-3-8-15(16)18/h3-10H,11H2,1-2H3,(H,20,21)/b19-12+. The summed E-state index contributed by atoms with van der Waals surface area (Å²) in [6.45, 7) is 1.43. The predicted octanol–water partition coefficient (Wildman–Crippen LogP) is 2.75. The molecule has 1 amide bonds. The lowest BCUT2D eigenvalue weighted by molar-refractivity contribution is -0.123. The second kappa shape index (κ2) is 7.93. The molecule has 1 N–H and O–H groups in total. The highest BCUT2D eigenvalue weighted by atomic mass is 19.1. The summed E-state index contributed by atoms with van der Waals surface area (Å²) in [4.78, 5) is 11.7. The number of nitrogens with zero attached hydrogens (tertiary/aromatic N) is 1. The normalized spacial score (nSPS) is 11.0. The summed E-state index contributed by atoms with van der Waals surface area (Å²) in [6, 6.07) is 13.2. The van der Waals surface area contributed by atoms with Gasteiger partial charge in [-0.1, -0.05) is 24.3 Å². The summed E-state index contributed by atoms with van der Waals surface area (Å²) in [7, 11) is 1.58. The Hall–Kier alpha value is -2.89. The summed E-state index contributed by atoms with van der Waals surface area (Å²) in [6.07, 6.45) is 0. The van der Waals surface area contributed by atoms with Gasteiger partial charge in [0.05, 0.1) is 12.8 Å². The maximum atomic E-state index is 13.4. The molecule has 0 aliphatic heterocycles. The first-order valence-electron chi connectivity index (χ1n) is 6.95. The third-order valence-electron chi connectivity index (χ3n) is 3.03. The average molecular weight is 316 g/mol. The zero-order valence-corrected chi connectivity index (χ0v) is 12.9. The average Bonchev–Trinajstić information content (AvgIpc) is 2.59. The lowest BCUT2D eigenvalue weighted by atomic mass is 10.1. The van der Waals surface area contributed by atoms with Crippen molar-refractivity contribution >= 4 is 11.6 Å². The zero-order chi connectivity index (χ0) is 16.7. The van der Waals surface area contributed by atoms with E-state index in [4.69, 9.17) is 9.47 Å². The molecule has 0 spiro atoms. The fraction of sp³-hybridized carbons (Fsp3) is 0.176. The molecular weight excluding hydrogens is 299 g/mol. The van der Waals surface area contributed by atoms with Gasteiger partial charge in [0.25, 0.3) is 5.91 Å². The molecule has 0 heterocycles. The fourth-order valence-corrected chi connectivity index (χ4v) is 1.80. The highest BCUT2D eigenvalue weighted by molar-refractivity contribution is 5.99. The van der Waals surface area contributed by atoms with Crippen LogP contribution in [0.3, 0.4) is 0 Å². The van der Waals surface area contributed by atoms with Crippen LogP contribution < -0.4 is 14.9 Å². The van der Waals surface area contributed by atoms with Gasteiger partial charge >= 0.3 is 0 Å². The Bertz CT molecular complexity index is 716. The van der Waals surface area contributed by atoms with Crippen LogP contribution in [0.2, 0.25) is 0 Å². The molecule has 6 heteroatoms. The minimum Gasteiger partial charge on any atom is -0.497 e. The molecule has 0 aliphatic rings. The van der Waals surface area contributed by atoms with Crippen molar-refractivity contribution in [1.82, 2.24) is 5.43 Å². The third kappa shape index (κ3) is 4.81. The van der Waals surface area contributed by atoms with Crippen LogP contribution in [-0.4, -0.2) is 25.3 Å². The molecule has 5 nitrogen and oxygen atoms in total. The number of benzene rings is 2. The van der Waals surface area contributed by atoms with E-state index in [0.29, 0.717) is 11.5 Å². The minimum atomic E-state index is -0.517. The van der Waals surface area contributed by atoms with Crippen LogP contribution in [0.25, 0.3) is 0 Å². The van der Waals surface area contributed by atoms with Crippen LogP contribution >= 0.6 is 0 Å². The molecule has 0 bridgehead atoms. The Morgan fingerprint density at radius 2 is 2.00 bits per heavy atom. The quantitative estimate of drug-likeness (QED) is 0.658. The Kier molecular flexibility index (Phi) is 5.68. The van der Waals surface area contributed by atoms with Gasteiger partial charge in [-0.15, -0.1) is 0 Å². The first-order valence-corrected chi connectivity index (χ1v) is 6.95. The van der Waals surface area contributed by atoms with Gasteiger partial charge < -0.3 is 9.47 Å². The number of carbonyl (C=O) groups is 1. The number of ether oxygens (including phenoxy) is 2. The molecule has 0 aliphatic carbocycles. The van der Waals surface area contributed by atoms with Gasteiger partial charge in [0.2, 0.25) is 0 Å². The van der Waals surface area contributed by atoms with Crippen molar-refractivity contribution in [2.45, 2.75) is 6.92 Å². The molecule has 0 unspecified atom stereocenters. The number of amides is 1. The highest BCUT2D eigenvalue weighted by Gasteiger charge is 2.06. The van der Waals surface area contributed by atoms with Gasteiger partial charge in [-0.05, 0) is 31.2 Å². The van der Waals surface area contributed by atoms with E-state index in [1.165, 1.54) is 12.1 Å². The van der Waals surface area contributed by atoms with E-state index >= 15 is 0 Å². The topological polar surface area (TPSA) is 59.9 Å². The van der Waals surface area contributed by atoms with Crippen LogP contribution in [0.5, 0.6) is 11.5 Å². The Morgan fingerprint density at radius 3 is 2.74 bits per heavy atom. The second-order valence-electron chi connectivity index (χ2n) is 4.68. The summed E-state index contributed by atoms with van der Waals surface area (Å²) < 4.78 is 23.6. The van der Waals surface area contributed by atoms with Gasteiger partial charge in [0.15, 0.2) is 18.2 Å². The smallest absolute Gasteiger partial charge is 0.277 e. The Balaban J connectivity index is 1.91. The minimum absolute atomic E-state index is 0.0242. The number of nitrogens with one attached hydrogen (secondary N) is 1. The summed E-state index contributed by atoms with van der Waals surface area (Å²) >= 11 is 0. The molecule has 120 valence electrons. The molecule has 0 saturated carbocycles. The van der Waals surface area contributed by atoms with E-state index in [1.54, 1.807) is 32.2 Å². The molecular formula is C17H17FN2O3. The van der Waals surface area contributed by atoms with Gasteiger partial charge in [0.1, 0.15) is 5.75 Å². The number of carbonyl (C=O) groups excluding carboxylic acids is 1. The monoisotopic (exact) mass is 316 g/mol. The number of hydrogen-bond acceptors (Lipinski definition) is 4. The van der Waals surface area contributed by atoms with Crippen molar-refractivity contribution in [3.63, 3.8) is 0 Å². The van der Waals surface area contributed by atoms with Crippen LogP contribution in [-0.2, 0) is 4.79 Å². The maximum absolute atomic E-state index is 13.4. The third-order valence-corrected chi connectivity index (χ3v) is 3.03. The molecule has 23 heavy (non-hydrogen) atoms. The number of para-hydroxylation sites is 1. The first-order chi connectivity index (χ1) is 11.1. The Morgan fingerprint density at radius 1 is 1.22 bits per heavy atom. The molecule has 0 aromatic heterocycles. The van der Waals surface area contributed by atoms with E-state index in [9.17, 15) is 9.18 Å². The van der Waals surface area contributed by atoms with Crippen LogP contribution in [0.4, 0.5) is 4.39 Å². The second-order valence-corrected chi connectivity index (χ2v) is 4.68. The van der Waals surface area contributed by atoms with Crippen molar-refractivity contribution in [2.24, 2.45) is 5.10 Å². The number of rotatable bonds is 6. The van der Waals surface area contributed by atoms with Crippen LogP contribution in [0, 0.1) is 5.82 Å². The van der Waals surface area contributed by atoms with Crippen molar-refractivity contribution in [3.05, 3.63) is 59.9 Å². The van der Waals surface area contributed by atoms with Crippen LogP contribution in [0.15, 0.2) is 53.6 Å². The van der Waals surface area contributed by atoms with Gasteiger partial charge in [0, 0.05) is 5.56 Å². The lowest BCUT2D eigenvalue weighted by Crippen LogP contribution is -2.25. The van der Waals surface area contributed by atoms with E-state index in [0.717, 1.165) is 5.56 Å². The molecule has 2 aromatic rings. The van der Waals surface area contributed by atoms with E-state index in [1.807, 2.05) is 18.2 Å². The Labute approximate surface area is 133 Å². The van der Waals surface area contributed by atoms with Crippen molar-refractivity contribution in [2.75, 3.05) is 13.7 Å². The molecule has 0 saturated heterocycles. The number of methoxy groups -OCH3 is 1. The summed E-state index contributed by atoms with van der Waals surface area (Å²) in [5, 5.41) is 3.99. The van der Waals surface area contributed by atoms with Crippen molar-refractivity contribution in [3.8, 4) is 11.5 Å². The first kappa shape index (κ1) is 16.5. The molecule has 0 fully saturated rings. The van der Waals surface area contributed by atoms with Crippen molar-refractivity contribution < 1.29 is 18.7 Å². The van der Waals surface area contributed by atoms with E-state index in [-0.39, 0.29) is 12.4 Å². The molecule has 0 atom stereocenters. The number of hydrazone groups is 1. The summed E-state index contributed by atoms with van der Waals surface area (Å²) in [5.74, 6) is -0.269. The van der Waals surface area contributed by atoms with Gasteiger partial charge in [-0.2, -0.15) is 5.10 Å². The largest absolute Gasteiger partial charge is 0.497 e. The number of hydrogen-bond donors (Lipinski definition) is 1. The van der Waals surface area contributed by atoms with E-state index < -0.39 is 11.7 Å². The van der Waals surface area contributed by atoms with Crippen LogP contribution in [0.1, 0.15) is 12.5 Å². The SMILES string of the molecule is COc1cccc(/C(C)=N/NC(=O)COc2ccccc2F)c1. The van der Waals surface area contributed by atoms with Gasteiger partial charge in [-0.3, -0.25) is 4.79 Å².